The number of likely N-dealkylation sites (tertiary alicyclic amines) is 1. The molecule has 1 aliphatic carbocycles. The zero-order valence-corrected chi connectivity index (χ0v) is 16.4. The van der Waals surface area contributed by atoms with Crippen molar-refractivity contribution in [2.45, 2.75) is 64.4 Å². The Labute approximate surface area is 156 Å². The molecule has 2 fully saturated rings. The van der Waals surface area contributed by atoms with E-state index in [4.69, 9.17) is 9.72 Å². The molecule has 1 aliphatic heterocycles. The van der Waals surface area contributed by atoms with Crippen molar-refractivity contribution in [1.29, 1.82) is 0 Å². The molecule has 4 rings (SSSR count). The van der Waals surface area contributed by atoms with Crippen LogP contribution in [0, 0.1) is 0 Å². The standard InChI is InChI=1S/C21H30N4O/c1-5-25-9-8-15(13-25)26-19-10-17(22-12-16(19)14-6-7-14)18-11-20(24-23-18)21(2,3)4/h10-12,14-15H,5-9,13H2,1-4H3,(H,23,24). The fourth-order valence-corrected chi connectivity index (χ4v) is 3.59. The molecule has 3 heterocycles. The van der Waals surface area contributed by atoms with Gasteiger partial charge in [0, 0.05) is 42.0 Å². The van der Waals surface area contributed by atoms with Crippen LogP contribution in [0.2, 0.25) is 0 Å². The number of nitrogens with zero attached hydrogens (tertiary/aromatic N) is 3. The molecule has 2 aliphatic rings. The van der Waals surface area contributed by atoms with Gasteiger partial charge < -0.3 is 4.74 Å². The van der Waals surface area contributed by atoms with Crippen LogP contribution in [0.4, 0.5) is 0 Å². The summed E-state index contributed by atoms with van der Waals surface area (Å²) < 4.78 is 6.46. The summed E-state index contributed by atoms with van der Waals surface area (Å²) in [6.07, 6.45) is 5.90. The van der Waals surface area contributed by atoms with Gasteiger partial charge in [-0.25, -0.2) is 0 Å². The van der Waals surface area contributed by atoms with Gasteiger partial charge in [-0.05, 0) is 37.8 Å². The van der Waals surface area contributed by atoms with E-state index in [9.17, 15) is 0 Å². The van der Waals surface area contributed by atoms with Crippen LogP contribution in [0.15, 0.2) is 18.3 Å². The molecule has 5 nitrogen and oxygen atoms in total. The van der Waals surface area contributed by atoms with Gasteiger partial charge in [0.2, 0.25) is 0 Å². The van der Waals surface area contributed by atoms with E-state index in [1.807, 2.05) is 6.20 Å². The maximum atomic E-state index is 6.46. The van der Waals surface area contributed by atoms with Gasteiger partial charge in [0.25, 0.3) is 0 Å². The number of nitrogens with one attached hydrogen (secondary N) is 1. The van der Waals surface area contributed by atoms with Crippen molar-refractivity contribution < 1.29 is 4.74 Å². The number of H-pyrrole nitrogens is 1. The second-order valence-corrected chi connectivity index (χ2v) is 8.72. The number of rotatable bonds is 5. The van der Waals surface area contributed by atoms with E-state index in [1.54, 1.807) is 0 Å². The van der Waals surface area contributed by atoms with Crippen LogP contribution in [0.3, 0.4) is 0 Å². The highest BCUT2D eigenvalue weighted by Crippen LogP contribution is 2.45. The third-order valence-corrected chi connectivity index (χ3v) is 5.53. The molecule has 2 aromatic rings. The largest absolute Gasteiger partial charge is 0.489 e. The third kappa shape index (κ3) is 3.63. The molecule has 1 saturated carbocycles. The van der Waals surface area contributed by atoms with Crippen LogP contribution in [-0.2, 0) is 5.41 Å². The summed E-state index contributed by atoms with van der Waals surface area (Å²) in [5.74, 6) is 1.64. The van der Waals surface area contributed by atoms with Crippen molar-refractivity contribution in [3.8, 4) is 17.1 Å². The van der Waals surface area contributed by atoms with Crippen molar-refractivity contribution in [3.63, 3.8) is 0 Å². The van der Waals surface area contributed by atoms with E-state index in [2.05, 4.69) is 54.9 Å². The first-order valence-electron chi connectivity index (χ1n) is 9.89. The van der Waals surface area contributed by atoms with E-state index in [-0.39, 0.29) is 11.5 Å². The monoisotopic (exact) mass is 354 g/mol. The molecule has 2 aromatic heterocycles. The van der Waals surface area contributed by atoms with Gasteiger partial charge >= 0.3 is 0 Å². The summed E-state index contributed by atoms with van der Waals surface area (Å²) in [6, 6.07) is 4.21. The summed E-state index contributed by atoms with van der Waals surface area (Å²) in [7, 11) is 0. The number of aromatic nitrogens is 3. The summed E-state index contributed by atoms with van der Waals surface area (Å²) in [6.45, 7) is 12.0. The fourth-order valence-electron chi connectivity index (χ4n) is 3.59. The fraction of sp³-hybridized carbons (Fsp3) is 0.619. The van der Waals surface area contributed by atoms with Crippen LogP contribution >= 0.6 is 0 Å². The first kappa shape index (κ1) is 17.5. The maximum Gasteiger partial charge on any atom is 0.127 e. The lowest BCUT2D eigenvalue weighted by Crippen LogP contribution is -2.24. The molecule has 0 amide bonds. The molecule has 1 atom stereocenters. The first-order valence-corrected chi connectivity index (χ1v) is 9.89. The van der Waals surface area contributed by atoms with Crippen molar-refractivity contribution in [2.24, 2.45) is 0 Å². The van der Waals surface area contributed by atoms with Crippen molar-refractivity contribution in [2.75, 3.05) is 19.6 Å². The van der Waals surface area contributed by atoms with Gasteiger partial charge in [-0.15, -0.1) is 0 Å². The zero-order valence-electron chi connectivity index (χ0n) is 16.4. The highest BCUT2D eigenvalue weighted by Gasteiger charge is 2.30. The molecule has 0 radical (unpaired) electrons. The topological polar surface area (TPSA) is 54.0 Å². The van der Waals surface area contributed by atoms with Gasteiger partial charge in [0.05, 0.1) is 5.69 Å². The lowest BCUT2D eigenvalue weighted by Gasteiger charge is -2.18. The summed E-state index contributed by atoms with van der Waals surface area (Å²) >= 11 is 0. The molecule has 0 spiro atoms. The lowest BCUT2D eigenvalue weighted by molar-refractivity contribution is 0.200. The SMILES string of the molecule is CCN1CCC(Oc2cc(-c3cc(C(C)(C)C)[nH]n3)ncc2C2CC2)C1. The number of hydrogen-bond acceptors (Lipinski definition) is 4. The second-order valence-electron chi connectivity index (χ2n) is 8.72. The molecule has 26 heavy (non-hydrogen) atoms. The average molecular weight is 354 g/mol. The highest BCUT2D eigenvalue weighted by atomic mass is 16.5. The molecule has 0 bridgehead atoms. The van der Waals surface area contributed by atoms with Crippen molar-refractivity contribution in [3.05, 3.63) is 29.6 Å². The predicted molar refractivity (Wildman–Crippen MR) is 104 cm³/mol. The minimum Gasteiger partial charge on any atom is -0.489 e. The predicted octanol–water partition coefficient (Wildman–Crippen LogP) is 4.12. The Hall–Kier alpha value is -1.88. The van der Waals surface area contributed by atoms with Crippen LogP contribution in [0.1, 0.15) is 64.1 Å². The number of likely N-dealkylation sites (N-methyl/N-ethyl adjacent to an activating group) is 1. The Kier molecular flexibility index (Phi) is 4.51. The van der Waals surface area contributed by atoms with Crippen LogP contribution in [-0.4, -0.2) is 45.8 Å². The number of hydrogen-bond donors (Lipinski definition) is 1. The minimum atomic E-state index is 0.0476. The van der Waals surface area contributed by atoms with Crippen LogP contribution in [0.25, 0.3) is 11.4 Å². The molecule has 140 valence electrons. The third-order valence-electron chi connectivity index (χ3n) is 5.53. The van der Waals surface area contributed by atoms with E-state index in [1.165, 1.54) is 18.4 Å². The average Bonchev–Trinajstić information content (AvgIpc) is 3.13. The smallest absolute Gasteiger partial charge is 0.127 e. The van der Waals surface area contributed by atoms with E-state index >= 15 is 0 Å². The van der Waals surface area contributed by atoms with E-state index < -0.39 is 0 Å². The highest BCUT2D eigenvalue weighted by molar-refractivity contribution is 5.58. The lowest BCUT2D eigenvalue weighted by atomic mass is 9.92. The quantitative estimate of drug-likeness (QED) is 0.877. The normalized spacial score (nSPS) is 21.3. The van der Waals surface area contributed by atoms with Crippen LogP contribution in [0.5, 0.6) is 5.75 Å². The molecule has 1 N–H and O–H groups in total. The van der Waals surface area contributed by atoms with Gasteiger partial charge in [-0.2, -0.15) is 5.10 Å². The first-order chi connectivity index (χ1) is 12.4. The Morgan fingerprint density at radius 2 is 2.00 bits per heavy atom. The summed E-state index contributed by atoms with van der Waals surface area (Å²) in [4.78, 5) is 7.15. The van der Waals surface area contributed by atoms with Crippen molar-refractivity contribution in [1.82, 2.24) is 20.1 Å². The summed E-state index contributed by atoms with van der Waals surface area (Å²) in [5.41, 5.74) is 4.23. The van der Waals surface area contributed by atoms with E-state index in [0.717, 1.165) is 48.9 Å². The Bertz CT molecular complexity index is 773. The van der Waals surface area contributed by atoms with E-state index in [0.29, 0.717) is 5.92 Å². The Morgan fingerprint density at radius 3 is 2.62 bits per heavy atom. The van der Waals surface area contributed by atoms with Crippen molar-refractivity contribution >= 4 is 0 Å². The molecular formula is C21H30N4O. The number of aromatic amines is 1. The molecular weight excluding hydrogens is 324 g/mol. The summed E-state index contributed by atoms with van der Waals surface area (Å²) in [5, 5.41) is 7.65. The molecule has 5 heteroatoms. The maximum absolute atomic E-state index is 6.46. The second kappa shape index (κ2) is 6.69. The Balaban J connectivity index is 1.60. The Morgan fingerprint density at radius 1 is 1.19 bits per heavy atom. The molecule has 1 unspecified atom stereocenters. The van der Waals surface area contributed by atoms with Crippen LogP contribution < -0.4 is 4.74 Å². The number of ether oxygens (including phenoxy) is 1. The molecule has 1 saturated heterocycles. The number of pyridine rings is 1. The molecule has 0 aromatic carbocycles. The van der Waals surface area contributed by atoms with Gasteiger partial charge in [0.15, 0.2) is 0 Å². The van der Waals surface area contributed by atoms with Gasteiger partial charge in [-0.1, -0.05) is 27.7 Å². The zero-order chi connectivity index (χ0) is 18.3. The minimum absolute atomic E-state index is 0.0476. The van der Waals surface area contributed by atoms with Gasteiger partial charge in [0.1, 0.15) is 17.5 Å². The van der Waals surface area contributed by atoms with Gasteiger partial charge in [-0.3, -0.25) is 15.0 Å².